The van der Waals surface area contributed by atoms with Crippen LogP contribution in [0.15, 0.2) is 45.3 Å². The monoisotopic (exact) mass is 366 g/mol. The molecule has 2 rings (SSSR count). The number of halogens is 1. The van der Waals surface area contributed by atoms with Crippen LogP contribution in [0, 0.1) is 6.92 Å². The van der Waals surface area contributed by atoms with Gasteiger partial charge < -0.3 is 4.74 Å². The van der Waals surface area contributed by atoms with Crippen molar-refractivity contribution >= 4 is 38.9 Å². The Morgan fingerprint density at radius 3 is 2.62 bits per heavy atom. The van der Waals surface area contributed by atoms with Gasteiger partial charge in [-0.05, 0) is 54.0 Å². The quantitative estimate of drug-likeness (QED) is 0.647. The average molecular weight is 367 g/mol. The highest BCUT2D eigenvalue weighted by Gasteiger charge is 2.04. The molecule has 1 heterocycles. The van der Waals surface area contributed by atoms with Crippen LogP contribution in [-0.4, -0.2) is 18.2 Å². The normalized spacial score (nSPS) is 11.3. The third-order valence-corrected chi connectivity index (χ3v) is 4.40. The molecule has 21 heavy (non-hydrogen) atoms. The molecule has 0 bridgehead atoms. The molecule has 0 saturated heterocycles. The molecule has 4 nitrogen and oxygen atoms in total. The van der Waals surface area contributed by atoms with Crippen LogP contribution < -0.4 is 10.2 Å². The Balaban J connectivity index is 1.83. The number of aryl methyl sites for hydroxylation is 1. The topological polar surface area (TPSA) is 50.7 Å². The maximum absolute atomic E-state index is 11.7. The first-order valence-electron chi connectivity index (χ1n) is 6.33. The number of carbonyl (C=O) groups excluding carboxylic acids is 1. The van der Waals surface area contributed by atoms with E-state index in [2.05, 4.69) is 26.5 Å². The molecule has 1 amide bonds. The molecule has 0 saturated carbocycles. The summed E-state index contributed by atoms with van der Waals surface area (Å²) in [6.07, 6.45) is 0. The molecule has 1 N–H and O–H groups in total. The molecule has 6 heteroatoms. The highest BCUT2D eigenvalue weighted by molar-refractivity contribution is 9.11. The van der Waals surface area contributed by atoms with E-state index in [-0.39, 0.29) is 12.5 Å². The van der Waals surface area contributed by atoms with E-state index >= 15 is 0 Å². The van der Waals surface area contributed by atoms with E-state index in [0.29, 0.717) is 5.75 Å². The van der Waals surface area contributed by atoms with Gasteiger partial charge in [0.25, 0.3) is 5.91 Å². The number of hydrazone groups is 1. The lowest BCUT2D eigenvalue weighted by atomic mass is 10.2. The van der Waals surface area contributed by atoms with Crippen molar-refractivity contribution in [2.45, 2.75) is 13.8 Å². The number of hydrogen-bond donors (Lipinski definition) is 1. The minimum atomic E-state index is -0.287. The number of rotatable bonds is 5. The van der Waals surface area contributed by atoms with Crippen LogP contribution in [0.5, 0.6) is 5.75 Å². The van der Waals surface area contributed by atoms with Crippen molar-refractivity contribution in [3.63, 3.8) is 0 Å². The second-order valence-electron chi connectivity index (χ2n) is 4.44. The summed E-state index contributed by atoms with van der Waals surface area (Å²) < 4.78 is 6.41. The molecule has 0 aliphatic heterocycles. The van der Waals surface area contributed by atoms with Gasteiger partial charge in [0.1, 0.15) is 5.75 Å². The van der Waals surface area contributed by atoms with Gasteiger partial charge >= 0.3 is 0 Å². The summed E-state index contributed by atoms with van der Waals surface area (Å²) in [6.45, 7) is 3.78. The maximum atomic E-state index is 11.7. The molecule has 0 atom stereocenters. The van der Waals surface area contributed by atoms with E-state index in [0.717, 1.165) is 19.9 Å². The Bertz CT molecular complexity index is 650. The van der Waals surface area contributed by atoms with Gasteiger partial charge in [0.15, 0.2) is 6.61 Å². The SMILES string of the molecule is CC(=NNC(=O)COc1ccc(C)cc1)c1ccc(Br)s1. The van der Waals surface area contributed by atoms with Crippen molar-refractivity contribution < 1.29 is 9.53 Å². The van der Waals surface area contributed by atoms with Crippen LogP contribution in [0.4, 0.5) is 0 Å². The van der Waals surface area contributed by atoms with Gasteiger partial charge in [-0.3, -0.25) is 4.79 Å². The van der Waals surface area contributed by atoms with E-state index in [9.17, 15) is 4.79 Å². The fourth-order valence-electron chi connectivity index (χ4n) is 1.53. The van der Waals surface area contributed by atoms with Crippen molar-refractivity contribution in [3.8, 4) is 5.75 Å². The van der Waals surface area contributed by atoms with E-state index < -0.39 is 0 Å². The second-order valence-corrected chi connectivity index (χ2v) is 6.90. The fraction of sp³-hybridized carbons (Fsp3) is 0.200. The molecule has 1 aromatic heterocycles. The number of nitrogens with zero attached hydrogens (tertiary/aromatic N) is 1. The van der Waals surface area contributed by atoms with Crippen molar-refractivity contribution in [2.24, 2.45) is 5.10 Å². The first kappa shape index (κ1) is 15.7. The van der Waals surface area contributed by atoms with E-state index in [1.165, 1.54) is 0 Å². The van der Waals surface area contributed by atoms with Gasteiger partial charge in [-0.15, -0.1) is 11.3 Å². The van der Waals surface area contributed by atoms with E-state index in [4.69, 9.17) is 4.74 Å². The minimum absolute atomic E-state index is 0.0615. The molecule has 0 spiro atoms. The fourth-order valence-corrected chi connectivity index (χ4v) is 2.86. The Kier molecular flexibility index (Phi) is 5.52. The molecule has 0 aliphatic carbocycles. The summed E-state index contributed by atoms with van der Waals surface area (Å²) in [5.41, 5.74) is 4.39. The van der Waals surface area contributed by atoms with Gasteiger partial charge in [-0.25, -0.2) is 5.43 Å². The van der Waals surface area contributed by atoms with Crippen molar-refractivity contribution in [2.75, 3.05) is 6.61 Å². The summed E-state index contributed by atoms with van der Waals surface area (Å²) in [7, 11) is 0. The largest absolute Gasteiger partial charge is 0.484 e. The van der Waals surface area contributed by atoms with Crippen molar-refractivity contribution in [3.05, 3.63) is 50.6 Å². The van der Waals surface area contributed by atoms with Crippen LogP contribution in [0.25, 0.3) is 0 Å². The standard InChI is InChI=1S/C15H15BrN2O2S/c1-10-3-5-12(6-4-10)20-9-15(19)18-17-11(2)13-7-8-14(16)21-13/h3-8H,9H2,1-2H3,(H,18,19). The van der Waals surface area contributed by atoms with Gasteiger partial charge in [0.05, 0.1) is 14.4 Å². The third-order valence-electron chi connectivity index (χ3n) is 2.67. The second kappa shape index (κ2) is 7.38. The maximum Gasteiger partial charge on any atom is 0.277 e. The lowest BCUT2D eigenvalue weighted by molar-refractivity contribution is -0.123. The average Bonchev–Trinajstić information content (AvgIpc) is 2.91. The van der Waals surface area contributed by atoms with Crippen LogP contribution in [0.1, 0.15) is 17.4 Å². The van der Waals surface area contributed by atoms with E-state index in [1.54, 1.807) is 11.3 Å². The predicted molar refractivity (Wildman–Crippen MR) is 89.0 cm³/mol. The Morgan fingerprint density at radius 1 is 1.29 bits per heavy atom. The molecule has 1 aromatic carbocycles. The molecule has 110 valence electrons. The Morgan fingerprint density at radius 2 is 2.00 bits per heavy atom. The number of nitrogens with one attached hydrogen (secondary N) is 1. The number of benzene rings is 1. The van der Waals surface area contributed by atoms with Crippen molar-refractivity contribution in [1.29, 1.82) is 0 Å². The molecular weight excluding hydrogens is 352 g/mol. The summed E-state index contributed by atoms with van der Waals surface area (Å²) >= 11 is 4.95. The summed E-state index contributed by atoms with van der Waals surface area (Å²) in [5, 5.41) is 4.06. The number of thiophene rings is 1. The van der Waals surface area contributed by atoms with Crippen LogP contribution in [0.2, 0.25) is 0 Å². The van der Waals surface area contributed by atoms with Gasteiger partial charge in [-0.2, -0.15) is 5.10 Å². The third kappa shape index (κ3) is 4.99. The number of ether oxygens (including phenoxy) is 1. The Labute approximate surface area is 136 Å². The zero-order chi connectivity index (χ0) is 15.2. The summed E-state index contributed by atoms with van der Waals surface area (Å²) in [5.74, 6) is 0.379. The zero-order valence-electron chi connectivity index (χ0n) is 11.7. The van der Waals surface area contributed by atoms with Crippen LogP contribution in [-0.2, 0) is 4.79 Å². The smallest absolute Gasteiger partial charge is 0.277 e. The molecule has 0 fully saturated rings. The van der Waals surface area contributed by atoms with Crippen molar-refractivity contribution in [1.82, 2.24) is 5.43 Å². The molecule has 0 radical (unpaired) electrons. The number of amides is 1. The molecule has 0 aliphatic rings. The van der Waals surface area contributed by atoms with Gasteiger partial charge in [0, 0.05) is 0 Å². The zero-order valence-corrected chi connectivity index (χ0v) is 14.1. The first-order chi connectivity index (χ1) is 10.0. The first-order valence-corrected chi connectivity index (χ1v) is 7.94. The number of carbonyl (C=O) groups is 1. The van der Waals surface area contributed by atoms with Gasteiger partial charge in [0.2, 0.25) is 0 Å². The highest BCUT2D eigenvalue weighted by Crippen LogP contribution is 2.22. The molecule has 2 aromatic rings. The lowest BCUT2D eigenvalue weighted by Gasteiger charge is -2.05. The number of hydrogen-bond acceptors (Lipinski definition) is 4. The Hall–Kier alpha value is -1.66. The highest BCUT2D eigenvalue weighted by atomic mass is 79.9. The minimum Gasteiger partial charge on any atom is -0.484 e. The molecule has 0 unspecified atom stereocenters. The summed E-state index contributed by atoms with van der Waals surface area (Å²) in [6, 6.07) is 11.4. The lowest BCUT2D eigenvalue weighted by Crippen LogP contribution is -2.25. The predicted octanol–water partition coefficient (Wildman–Crippen LogP) is 3.74. The van der Waals surface area contributed by atoms with Crippen LogP contribution >= 0.6 is 27.3 Å². The van der Waals surface area contributed by atoms with E-state index in [1.807, 2.05) is 50.2 Å². The van der Waals surface area contributed by atoms with Crippen LogP contribution in [0.3, 0.4) is 0 Å². The molecular formula is C15H15BrN2O2S. The van der Waals surface area contributed by atoms with Gasteiger partial charge in [-0.1, -0.05) is 17.7 Å². The summed E-state index contributed by atoms with van der Waals surface area (Å²) in [4.78, 5) is 12.7.